The van der Waals surface area contributed by atoms with E-state index in [1.807, 2.05) is 36.5 Å². The van der Waals surface area contributed by atoms with Gasteiger partial charge in [0.2, 0.25) is 0 Å². The molecule has 0 saturated heterocycles. The molecule has 0 aliphatic heterocycles. The summed E-state index contributed by atoms with van der Waals surface area (Å²) in [5, 5.41) is 1.73. The molecular weight excluding hydrogens is 349 g/mol. The highest BCUT2D eigenvalue weighted by atomic mass is 35.5. The minimum absolute atomic E-state index is 0.0874. The Labute approximate surface area is 148 Å². The summed E-state index contributed by atoms with van der Waals surface area (Å²) in [6.45, 7) is 0.0874. The maximum atomic E-state index is 12.0. The van der Waals surface area contributed by atoms with E-state index in [2.05, 4.69) is 10.9 Å². The third-order valence-electron chi connectivity index (χ3n) is 3.43. The number of carbonyl (C=O) groups excluding carboxylic acids is 2. The molecule has 0 aliphatic carbocycles. The smallest absolute Gasteiger partial charge is 0.269 e. The number of fused-ring (bicyclic) bond motifs is 1. The second-order valence-electron chi connectivity index (χ2n) is 5.16. The van der Waals surface area contributed by atoms with E-state index in [9.17, 15) is 9.59 Å². The van der Waals surface area contributed by atoms with Crippen molar-refractivity contribution in [1.82, 2.24) is 15.4 Å². The first kappa shape index (κ1) is 16.4. The third-order valence-corrected chi connectivity index (χ3v) is 3.87. The highest BCUT2D eigenvalue weighted by Gasteiger charge is 2.10. The van der Waals surface area contributed by atoms with E-state index in [-0.39, 0.29) is 18.0 Å². The molecule has 0 aliphatic rings. The van der Waals surface area contributed by atoms with Crippen molar-refractivity contribution >= 4 is 45.9 Å². The summed E-state index contributed by atoms with van der Waals surface area (Å²) in [6, 6.07) is 14.1. The first-order valence-corrected chi connectivity index (χ1v) is 7.88. The van der Waals surface area contributed by atoms with Crippen LogP contribution in [0, 0.1) is 0 Å². The van der Waals surface area contributed by atoms with Crippen molar-refractivity contribution < 1.29 is 9.59 Å². The molecule has 5 nitrogen and oxygen atoms in total. The number of nitrogens with zero attached hydrogens (tertiary/aromatic N) is 1. The van der Waals surface area contributed by atoms with Crippen LogP contribution in [0.15, 0.2) is 54.7 Å². The predicted octanol–water partition coefficient (Wildman–Crippen LogP) is 3.41. The zero-order valence-electron chi connectivity index (χ0n) is 12.4. The molecule has 1 heterocycles. The Morgan fingerprint density at radius 2 is 1.67 bits per heavy atom. The van der Waals surface area contributed by atoms with E-state index >= 15 is 0 Å². The Balaban J connectivity index is 1.62. The summed E-state index contributed by atoms with van der Waals surface area (Å²) < 4.78 is 1.80. The quantitative estimate of drug-likeness (QED) is 0.702. The molecule has 7 heteroatoms. The summed E-state index contributed by atoms with van der Waals surface area (Å²) in [6.07, 6.45) is 1.82. The van der Waals surface area contributed by atoms with Crippen molar-refractivity contribution in [1.29, 1.82) is 0 Å². The number of halogens is 2. The normalized spacial score (nSPS) is 10.6. The van der Waals surface area contributed by atoms with Gasteiger partial charge in [-0.1, -0.05) is 41.4 Å². The molecule has 3 rings (SSSR count). The van der Waals surface area contributed by atoms with Crippen LogP contribution >= 0.6 is 23.2 Å². The highest BCUT2D eigenvalue weighted by molar-refractivity contribution is 6.35. The first-order valence-electron chi connectivity index (χ1n) is 7.12. The second kappa shape index (κ2) is 6.95. The van der Waals surface area contributed by atoms with Crippen molar-refractivity contribution in [3.8, 4) is 0 Å². The van der Waals surface area contributed by atoms with Gasteiger partial charge in [0.1, 0.15) is 6.54 Å². The standard InChI is InChI=1S/C17H13Cl2N3O2/c18-13-7-12(8-14(19)9-13)17(24)21-20-16(23)10-22-6-5-11-3-1-2-4-15(11)22/h1-9H,10H2,(H,20,23)(H,21,24). The van der Waals surface area contributed by atoms with Crippen molar-refractivity contribution in [2.24, 2.45) is 0 Å². The van der Waals surface area contributed by atoms with Crippen molar-refractivity contribution in [2.75, 3.05) is 0 Å². The first-order chi connectivity index (χ1) is 11.5. The lowest BCUT2D eigenvalue weighted by Gasteiger charge is -2.09. The van der Waals surface area contributed by atoms with Crippen molar-refractivity contribution in [3.63, 3.8) is 0 Å². The molecule has 122 valence electrons. The fourth-order valence-corrected chi connectivity index (χ4v) is 2.88. The van der Waals surface area contributed by atoms with Crippen LogP contribution in [-0.2, 0) is 11.3 Å². The van der Waals surface area contributed by atoms with Gasteiger partial charge in [0, 0.05) is 27.3 Å². The molecule has 2 aromatic carbocycles. The number of hydrazine groups is 1. The van der Waals surface area contributed by atoms with E-state index < -0.39 is 5.91 Å². The van der Waals surface area contributed by atoms with Crippen LogP contribution in [0.5, 0.6) is 0 Å². The number of nitrogens with one attached hydrogen (secondary N) is 2. The minimum atomic E-state index is -0.495. The second-order valence-corrected chi connectivity index (χ2v) is 6.04. The molecule has 2 amide bonds. The van der Waals surface area contributed by atoms with E-state index in [4.69, 9.17) is 23.2 Å². The average molecular weight is 362 g/mol. The van der Waals surface area contributed by atoms with Crippen LogP contribution in [0.25, 0.3) is 10.9 Å². The van der Waals surface area contributed by atoms with E-state index in [1.54, 1.807) is 4.57 Å². The third kappa shape index (κ3) is 3.69. The lowest BCUT2D eigenvalue weighted by Crippen LogP contribution is -2.43. The zero-order valence-corrected chi connectivity index (χ0v) is 13.9. The van der Waals surface area contributed by atoms with Crippen LogP contribution < -0.4 is 10.9 Å². The SMILES string of the molecule is O=C(Cn1ccc2ccccc21)NNC(=O)c1cc(Cl)cc(Cl)c1. The van der Waals surface area contributed by atoms with Gasteiger partial charge >= 0.3 is 0 Å². The summed E-state index contributed by atoms with van der Waals surface area (Å²) in [5.74, 6) is -0.844. The fraction of sp³-hybridized carbons (Fsp3) is 0.0588. The topological polar surface area (TPSA) is 63.1 Å². The molecule has 24 heavy (non-hydrogen) atoms. The van der Waals surface area contributed by atoms with E-state index in [0.29, 0.717) is 10.0 Å². The molecule has 0 fully saturated rings. The molecule has 0 atom stereocenters. The number of para-hydroxylation sites is 1. The zero-order chi connectivity index (χ0) is 17.1. The average Bonchev–Trinajstić information content (AvgIpc) is 2.95. The van der Waals surface area contributed by atoms with Crippen LogP contribution in [0.2, 0.25) is 10.0 Å². The van der Waals surface area contributed by atoms with Gasteiger partial charge < -0.3 is 4.57 Å². The van der Waals surface area contributed by atoms with Gasteiger partial charge in [-0.05, 0) is 35.7 Å². The van der Waals surface area contributed by atoms with Gasteiger partial charge in [0.25, 0.3) is 11.8 Å². The van der Waals surface area contributed by atoms with Crippen molar-refractivity contribution in [2.45, 2.75) is 6.54 Å². The molecular formula is C17H13Cl2N3O2. The molecule has 0 unspecified atom stereocenters. The molecule has 2 N–H and O–H groups in total. The van der Waals surface area contributed by atoms with Crippen LogP contribution in [-0.4, -0.2) is 16.4 Å². The Bertz CT molecular complexity index is 901. The van der Waals surface area contributed by atoms with Gasteiger partial charge in [-0.15, -0.1) is 0 Å². The van der Waals surface area contributed by atoms with Crippen LogP contribution in [0.3, 0.4) is 0 Å². The molecule has 0 radical (unpaired) electrons. The predicted molar refractivity (Wildman–Crippen MR) is 94.0 cm³/mol. The molecule has 1 aromatic heterocycles. The fourth-order valence-electron chi connectivity index (χ4n) is 2.36. The Morgan fingerprint density at radius 3 is 2.42 bits per heavy atom. The Hall–Kier alpha value is -2.50. The van der Waals surface area contributed by atoms with Crippen LogP contribution in [0.4, 0.5) is 0 Å². The maximum Gasteiger partial charge on any atom is 0.269 e. The summed E-state index contributed by atoms with van der Waals surface area (Å²) in [4.78, 5) is 24.0. The van der Waals surface area contributed by atoms with Crippen molar-refractivity contribution in [3.05, 3.63) is 70.3 Å². The van der Waals surface area contributed by atoms with Gasteiger partial charge in [-0.2, -0.15) is 0 Å². The number of aromatic nitrogens is 1. The number of amides is 2. The Morgan fingerprint density at radius 1 is 0.958 bits per heavy atom. The number of hydrogen-bond acceptors (Lipinski definition) is 2. The van der Waals surface area contributed by atoms with E-state index in [1.165, 1.54) is 18.2 Å². The summed E-state index contributed by atoms with van der Waals surface area (Å²) in [5.41, 5.74) is 5.93. The lowest BCUT2D eigenvalue weighted by atomic mass is 10.2. The lowest BCUT2D eigenvalue weighted by molar-refractivity contribution is -0.122. The molecule has 0 bridgehead atoms. The van der Waals surface area contributed by atoms with Gasteiger partial charge in [0.05, 0.1) is 0 Å². The Kier molecular flexibility index (Phi) is 4.74. The van der Waals surface area contributed by atoms with Gasteiger partial charge in [0.15, 0.2) is 0 Å². The summed E-state index contributed by atoms with van der Waals surface area (Å²) >= 11 is 11.7. The maximum absolute atomic E-state index is 12.0. The highest BCUT2D eigenvalue weighted by Crippen LogP contribution is 2.19. The van der Waals surface area contributed by atoms with Gasteiger partial charge in [-0.3, -0.25) is 20.4 Å². The van der Waals surface area contributed by atoms with Crippen LogP contribution in [0.1, 0.15) is 10.4 Å². The number of carbonyl (C=O) groups is 2. The molecule has 0 spiro atoms. The minimum Gasteiger partial charge on any atom is -0.338 e. The number of hydrogen-bond donors (Lipinski definition) is 2. The van der Waals surface area contributed by atoms with Gasteiger partial charge in [-0.25, -0.2) is 0 Å². The molecule has 0 saturated carbocycles. The molecule has 3 aromatic rings. The monoisotopic (exact) mass is 361 g/mol. The summed E-state index contributed by atoms with van der Waals surface area (Å²) in [7, 11) is 0. The van der Waals surface area contributed by atoms with E-state index in [0.717, 1.165) is 10.9 Å². The largest absolute Gasteiger partial charge is 0.338 e. The number of rotatable bonds is 3. The number of benzene rings is 2.